The first-order valence-corrected chi connectivity index (χ1v) is 7.32. The van der Waals surface area contributed by atoms with Gasteiger partial charge >= 0.3 is 5.97 Å². The minimum absolute atomic E-state index is 0.0234. The Morgan fingerprint density at radius 3 is 2.18 bits per heavy atom. The van der Waals surface area contributed by atoms with Gasteiger partial charge < -0.3 is 4.74 Å². The number of ether oxygens (including phenoxy) is 1. The Morgan fingerprint density at radius 1 is 1.00 bits per heavy atom. The third-order valence-corrected chi connectivity index (χ3v) is 2.94. The Morgan fingerprint density at radius 2 is 1.59 bits per heavy atom. The minimum atomic E-state index is -0.0234. The fourth-order valence-electron chi connectivity index (χ4n) is 1.72. The van der Waals surface area contributed by atoms with Crippen LogP contribution in [0.2, 0.25) is 0 Å². The van der Waals surface area contributed by atoms with Crippen LogP contribution in [0.15, 0.2) is 0 Å². The molecule has 102 valence electrons. The van der Waals surface area contributed by atoms with Gasteiger partial charge in [0.15, 0.2) is 0 Å². The van der Waals surface area contributed by atoms with Gasteiger partial charge in [0.05, 0.1) is 6.61 Å². The largest absolute Gasteiger partial charge is 0.466 e. The van der Waals surface area contributed by atoms with Crippen molar-refractivity contribution in [2.45, 2.75) is 78.6 Å². The Balaban J connectivity index is 3.14. The Bertz CT molecular complexity index is 176. The van der Waals surface area contributed by atoms with Crippen LogP contribution in [0.1, 0.15) is 78.6 Å². The maximum atomic E-state index is 11.3. The molecule has 0 bridgehead atoms. The molecule has 0 rings (SSSR count). The average Bonchev–Trinajstić information content (AvgIpc) is 2.30. The highest BCUT2D eigenvalue weighted by molar-refractivity contribution is 5.69. The van der Waals surface area contributed by atoms with E-state index in [1.165, 1.54) is 38.5 Å². The van der Waals surface area contributed by atoms with Crippen molar-refractivity contribution in [3.8, 4) is 0 Å². The highest BCUT2D eigenvalue weighted by Gasteiger charge is 2.03. The summed E-state index contributed by atoms with van der Waals surface area (Å²) in [5, 5.41) is 0. The van der Waals surface area contributed by atoms with Crippen LogP contribution >= 0.6 is 0 Å². The molecular formula is C15H30O2. The van der Waals surface area contributed by atoms with Crippen molar-refractivity contribution < 1.29 is 9.53 Å². The lowest BCUT2D eigenvalue weighted by atomic mass is 10.1. The van der Waals surface area contributed by atoms with Crippen LogP contribution in [0.4, 0.5) is 0 Å². The predicted molar refractivity (Wildman–Crippen MR) is 73.0 cm³/mol. The van der Waals surface area contributed by atoms with E-state index < -0.39 is 0 Å². The van der Waals surface area contributed by atoms with E-state index in [4.69, 9.17) is 4.74 Å². The van der Waals surface area contributed by atoms with Crippen LogP contribution in [0.25, 0.3) is 0 Å². The molecule has 0 amide bonds. The first kappa shape index (κ1) is 16.5. The van der Waals surface area contributed by atoms with Crippen LogP contribution in [-0.4, -0.2) is 12.6 Å². The van der Waals surface area contributed by atoms with E-state index in [-0.39, 0.29) is 5.97 Å². The van der Waals surface area contributed by atoms with Crippen LogP contribution in [0, 0.1) is 5.92 Å². The van der Waals surface area contributed by atoms with Gasteiger partial charge in [0.2, 0.25) is 0 Å². The summed E-state index contributed by atoms with van der Waals surface area (Å²) in [6.45, 7) is 7.11. The Hall–Kier alpha value is -0.530. The second kappa shape index (κ2) is 11.9. The number of hydrogen-bond acceptors (Lipinski definition) is 2. The molecule has 17 heavy (non-hydrogen) atoms. The van der Waals surface area contributed by atoms with E-state index in [0.29, 0.717) is 18.9 Å². The fourth-order valence-corrected chi connectivity index (χ4v) is 1.72. The molecular weight excluding hydrogens is 212 g/mol. The van der Waals surface area contributed by atoms with Gasteiger partial charge in [0.1, 0.15) is 0 Å². The third-order valence-electron chi connectivity index (χ3n) is 2.94. The van der Waals surface area contributed by atoms with Crippen molar-refractivity contribution in [1.82, 2.24) is 0 Å². The first-order chi connectivity index (χ1) is 8.16. The van der Waals surface area contributed by atoms with Crippen LogP contribution < -0.4 is 0 Å². The zero-order valence-corrected chi connectivity index (χ0v) is 12.0. The fraction of sp³-hybridized carbons (Fsp3) is 0.933. The van der Waals surface area contributed by atoms with Crippen molar-refractivity contribution in [1.29, 1.82) is 0 Å². The van der Waals surface area contributed by atoms with Gasteiger partial charge in [-0.2, -0.15) is 0 Å². The number of hydrogen-bond donors (Lipinski definition) is 0. The van der Waals surface area contributed by atoms with Crippen LogP contribution in [0.3, 0.4) is 0 Å². The van der Waals surface area contributed by atoms with Gasteiger partial charge in [-0.1, -0.05) is 59.3 Å². The van der Waals surface area contributed by atoms with Crippen LogP contribution in [-0.2, 0) is 9.53 Å². The van der Waals surface area contributed by atoms with E-state index in [0.717, 1.165) is 12.8 Å². The summed E-state index contributed by atoms with van der Waals surface area (Å²) in [6, 6.07) is 0. The maximum Gasteiger partial charge on any atom is 0.305 e. The van der Waals surface area contributed by atoms with Crippen molar-refractivity contribution in [2.75, 3.05) is 6.61 Å². The van der Waals surface area contributed by atoms with E-state index >= 15 is 0 Å². The monoisotopic (exact) mass is 242 g/mol. The molecule has 0 unspecified atom stereocenters. The molecule has 0 aromatic carbocycles. The van der Waals surface area contributed by atoms with E-state index in [1.807, 2.05) is 0 Å². The summed E-state index contributed by atoms with van der Waals surface area (Å²) in [6.07, 6.45) is 10.4. The molecule has 0 aromatic heterocycles. The number of esters is 1. The molecule has 0 aromatic rings. The summed E-state index contributed by atoms with van der Waals surface area (Å²) in [5.74, 6) is 0.561. The van der Waals surface area contributed by atoms with Crippen molar-refractivity contribution in [3.05, 3.63) is 0 Å². The number of carbonyl (C=O) groups is 1. The molecule has 2 heteroatoms. The van der Waals surface area contributed by atoms with Crippen LogP contribution in [0.5, 0.6) is 0 Å². The van der Waals surface area contributed by atoms with Gasteiger partial charge in [-0.05, 0) is 18.8 Å². The second-order valence-corrected chi connectivity index (χ2v) is 5.27. The van der Waals surface area contributed by atoms with E-state index in [2.05, 4.69) is 20.8 Å². The molecule has 0 aliphatic carbocycles. The molecule has 0 saturated heterocycles. The van der Waals surface area contributed by atoms with Gasteiger partial charge in [-0.25, -0.2) is 0 Å². The van der Waals surface area contributed by atoms with Crippen molar-refractivity contribution in [3.63, 3.8) is 0 Å². The van der Waals surface area contributed by atoms with Crippen molar-refractivity contribution >= 4 is 5.97 Å². The van der Waals surface area contributed by atoms with Gasteiger partial charge in [0, 0.05) is 6.42 Å². The smallest absolute Gasteiger partial charge is 0.305 e. The molecule has 0 aliphatic heterocycles. The molecule has 0 atom stereocenters. The third kappa shape index (κ3) is 13.4. The SMILES string of the molecule is CCCCCCCCCOC(=O)CCC(C)C. The summed E-state index contributed by atoms with van der Waals surface area (Å²) in [5.41, 5.74) is 0. The summed E-state index contributed by atoms with van der Waals surface area (Å²) < 4.78 is 5.18. The topological polar surface area (TPSA) is 26.3 Å². The summed E-state index contributed by atoms with van der Waals surface area (Å²) >= 11 is 0. The molecule has 0 aliphatic rings. The zero-order chi connectivity index (χ0) is 12.9. The molecule has 2 nitrogen and oxygen atoms in total. The lowest BCUT2D eigenvalue weighted by molar-refractivity contribution is -0.144. The summed E-state index contributed by atoms with van der Waals surface area (Å²) in [7, 11) is 0. The Kier molecular flexibility index (Phi) is 11.6. The summed E-state index contributed by atoms with van der Waals surface area (Å²) in [4.78, 5) is 11.3. The second-order valence-electron chi connectivity index (χ2n) is 5.27. The highest BCUT2D eigenvalue weighted by Crippen LogP contribution is 2.08. The molecule has 0 radical (unpaired) electrons. The van der Waals surface area contributed by atoms with Gasteiger partial charge in [-0.3, -0.25) is 4.79 Å². The first-order valence-electron chi connectivity index (χ1n) is 7.32. The normalized spacial score (nSPS) is 10.8. The maximum absolute atomic E-state index is 11.3. The standard InChI is InChI=1S/C15H30O2/c1-4-5-6-7-8-9-10-13-17-15(16)12-11-14(2)3/h14H,4-13H2,1-3H3. The van der Waals surface area contributed by atoms with Crippen molar-refractivity contribution in [2.24, 2.45) is 5.92 Å². The van der Waals surface area contributed by atoms with Gasteiger partial charge in [-0.15, -0.1) is 0 Å². The van der Waals surface area contributed by atoms with Gasteiger partial charge in [0.25, 0.3) is 0 Å². The lowest BCUT2D eigenvalue weighted by Gasteiger charge is -2.06. The molecule has 0 saturated carbocycles. The predicted octanol–water partition coefficient (Wildman–Crippen LogP) is 4.72. The number of unbranched alkanes of at least 4 members (excludes halogenated alkanes) is 6. The number of carbonyl (C=O) groups excluding carboxylic acids is 1. The molecule has 0 spiro atoms. The van der Waals surface area contributed by atoms with E-state index in [1.54, 1.807) is 0 Å². The molecule has 0 heterocycles. The highest BCUT2D eigenvalue weighted by atomic mass is 16.5. The molecule has 0 N–H and O–H groups in total. The average molecular weight is 242 g/mol. The number of rotatable bonds is 11. The lowest BCUT2D eigenvalue weighted by Crippen LogP contribution is -2.06. The quantitative estimate of drug-likeness (QED) is 0.387. The Labute approximate surface area is 107 Å². The minimum Gasteiger partial charge on any atom is -0.466 e. The molecule has 0 fully saturated rings. The van der Waals surface area contributed by atoms with E-state index in [9.17, 15) is 4.79 Å². The zero-order valence-electron chi connectivity index (χ0n) is 12.0.